The molecule has 2 aliphatic rings. The van der Waals surface area contributed by atoms with Gasteiger partial charge >= 0.3 is 0 Å². The topological polar surface area (TPSA) is 94.5 Å². The van der Waals surface area contributed by atoms with Crippen molar-refractivity contribution in [1.82, 2.24) is 20.0 Å². The van der Waals surface area contributed by atoms with Crippen molar-refractivity contribution in [3.05, 3.63) is 23.8 Å². The zero-order valence-electron chi connectivity index (χ0n) is 17.3. The molecule has 0 spiro atoms. The van der Waals surface area contributed by atoms with E-state index in [1.54, 1.807) is 21.1 Å². The van der Waals surface area contributed by atoms with Crippen LogP contribution >= 0.6 is 0 Å². The summed E-state index contributed by atoms with van der Waals surface area (Å²) in [7, 11) is 4.96. The van der Waals surface area contributed by atoms with Gasteiger partial charge in [0, 0.05) is 39.7 Å². The van der Waals surface area contributed by atoms with E-state index in [2.05, 4.69) is 10.3 Å². The molecule has 1 saturated heterocycles. The van der Waals surface area contributed by atoms with Crippen LogP contribution in [-0.2, 0) is 20.9 Å². The van der Waals surface area contributed by atoms with Gasteiger partial charge in [-0.15, -0.1) is 0 Å². The molecule has 156 valence electrons. The van der Waals surface area contributed by atoms with Gasteiger partial charge in [0.25, 0.3) is 0 Å². The Kier molecular flexibility index (Phi) is 6.05. The quantitative estimate of drug-likeness (QED) is 0.679. The van der Waals surface area contributed by atoms with Crippen LogP contribution in [0.25, 0.3) is 0 Å². The summed E-state index contributed by atoms with van der Waals surface area (Å²) < 4.78 is 5.79. The van der Waals surface area contributed by atoms with E-state index in [-0.39, 0.29) is 30.3 Å². The van der Waals surface area contributed by atoms with Crippen molar-refractivity contribution < 1.29 is 19.1 Å². The van der Waals surface area contributed by atoms with Crippen molar-refractivity contribution in [2.75, 3.05) is 34.3 Å². The second-order valence-corrected chi connectivity index (χ2v) is 7.51. The van der Waals surface area contributed by atoms with Crippen molar-refractivity contribution in [1.29, 1.82) is 0 Å². The fraction of sp³-hybridized carbons (Fsp3) is 0.500. The van der Waals surface area contributed by atoms with E-state index in [0.717, 1.165) is 11.3 Å². The Morgan fingerprint density at radius 1 is 1.28 bits per heavy atom. The largest absolute Gasteiger partial charge is 0.494 e. The summed E-state index contributed by atoms with van der Waals surface area (Å²) in [6.45, 7) is 2.92. The number of carbonyl (C=O) groups is 3. The average Bonchev–Trinajstić information content (AvgIpc) is 2.96. The number of amides is 3. The van der Waals surface area contributed by atoms with Gasteiger partial charge < -0.3 is 19.4 Å². The van der Waals surface area contributed by atoms with Gasteiger partial charge in [-0.05, 0) is 31.5 Å². The lowest BCUT2D eigenvalue weighted by Gasteiger charge is -2.26. The molecular weight excluding hydrogens is 374 g/mol. The maximum Gasteiger partial charge on any atom is 0.249 e. The maximum absolute atomic E-state index is 12.1. The molecule has 2 aliphatic heterocycles. The highest BCUT2D eigenvalue weighted by atomic mass is 16.5. The normalized spacial score (nSPS) is 17.1. The second kappa shape index (κ2) is 8.50. The Labute approximate surface area is 170 Å². The molecule has 9 nitrogen and oxygen atoms in total. The molecule has 1 aromatic carbocycles. The molecule has 0 saturated carbocycles. The minimum atomic E-state index is -0.242. The molecule has 0 bridgehead atoms. The number of carbonyl (C=O) groups excluding carboxylic acids is 3. The van der Waals surface area contributed by atoms with Crippen LogP contribution in [0.15, 0.2) is 23.2 Å². The fourth-order valence-electron chi connectivity index (χ4n) is 3.14. The molecule has 1 N–H and O–H groups in total. The monoisotopic (exact) mass is 401 g/mol. The third kappa shape index (κ3) is 4.67. The van der Waals surface area contributed by atoms with Crippen LogP contribution in [0.5, 0.6) is 5.75 Å². The molecule has 1 unspecified atom stereocenters. The Morgan fingerprint density at radius 2 is 2.03 bits per heavy atom. The smallest absolute Gasteiger partial charge is 0.249 e. The number of guanidine groups is 1. The average molecular weight is 401 g/mol. The number of rotatable bonds is 7. The van der Waals surface area contributed by atoms with Crippen molar-refractivity contribution in [2.45, 2.75) is 32.4 Å². The van der Waals surface area contributed by atoms with Gasteiger partial charge in [0.1, 0.15) is 11.8 Å². The Hall–Kier alpha value is -3.10. The lowest BCUT2D eigenvalue weighted by molar-refractivity contribution is -0.138. The number of aliphatic imine (C=N–C) groups is 1. The third-order valence-electron chi connectivity index (χ3n) is 5.07. The molecule has 0 aliphatic carbocycles. The van der Waals surface area contributed by atoms with Crippen LogP contribution in [0.2, 0.25) is 0 Å². The summed E-state index contributed by atoms with van der Waals surface area (Å²) in [5.41, 5.74) is 1.81. The van der Waals surface area contributed by atoms with Gasteiger partial charge in [-0.25, -0.2) is 4.99 Å². The van der Waals surface area contributed by atoms with Crippen LogP contribution in [0, 0.1) is 0 Å². The first kappa shape index (κ1) is 20.6. The summed E-state index contributed by atoms with van der Waals surface area (Å²) >= 11 is 0. The van der Waals surface area contributed by atoms with Crippen LogP contribution in [0.1, 0.15) is 25.3 Å². The highest BCUT2D eigenvalue weighted by Crippen LogP contribution is 2.31. The van der Waals surface area contributed by atoms with Crippen LogP contribution < -0.4 is 10.1 Å². The number of ether oxygens (including phenoxy) is 1. The van der Waals surface area contributed by atoms with Gasteiger partial charge in [-0.2, -0.15) is 0 Å². The standard InChI is InChI=1S/C20H27N5O4/c1-13-19(28)22-20-21-16-8-7-15(10-14(16)11-25(13)20)29-9-5-6-17(26)24(4)12-18(27)23(2)3/h7-8,10,13H,5-6,9,11-12H2,1-4H3,(H,21,22,28). The molecule has 3 rings (SSSR count). The van der Waals surface area contributed by atoms with Crippen LogP contribution in [-0.4, -0.2) is 78.7 Å². The molecule has 9 heteroatoms. The highest BCUT2D eigenvalue weighted by Gasteiger charge is 2.35. The fourth-order valence-corrected chi connectivity index (χ4v) is 3.14. The summed E-state index contributed by atoms with van der Waals surface area (Å²) in [5.74, 6) is 1.06. The second-order valence-electron chi connectivity index (χ2n) is 7.51. The number of fused-ring (bicyclic) bond motifs is 2. The maximum atomic E-state index is 12.1. The lowest BCUT2D eigenvalue weighted by Crippen LogP contribution is -2.37. The van der Waals surface area contributed by atoms with Gasteiger partial charge in [0.2, 0.25) is 23.7 Å². The number of nitrogens with zero attached hydrogens (tertiary/aromatic N) is 4. The van der Waals surface area contributed by atoms with Crippen molar-refractivity contribution in [3.8, 4) is 5.75 Å². The zero-order valence-corrected chi connectivity index (χ0v) is 17.3. The van der Waals surface area contributed by atoms with Crippen LogP contribution in [0.3, 0.4) is 0 Å². The minimum absolute atomic E-state index is 0.0463. The molecule has 0 radical (unpaired) electrons. The number of likely N-dealkylation sites (N-methyl/N-ethyl adjacent to an activating group) is 2. The van der Waals surface area contributed by atoms with E-state index in [1.807, 2.05) is 30.0 Å². The number of benzene rings is 1. The summed E-state index contributed by atoms with van der Waals surface area (Å²) in [4.78, 5) is 44.9. The zero-order chi connectivity index (χ0) is 21.1. The molecule has 1 aromatic rings. The molecule has 3 amide bonds. The first-order chi connectivity index (χ1) is 13.8. The molecule has 1 fully saturated rings. The van der Waals surface area contributed by atoms with Crippen molar-refractivity contribution in [2.24, 2.45) is 4.99 Å². The Bertz CT molecular complexity index is 851. The number of nitrogens with one attached hydrogen (secondary N) is 1. The molecular formula is C20H27N5O4. The highest BCUT2D eigenvalue weighted by molar-refractivity contribution is 6.07. The molecule has 0 aromatic heterocycles. The van der Waals surface area contributed by atoms with E-state index < -0.39 is 0 Å². The predicted octanol–water partition coefficient (Wildman–Crippen LogP) is 0.714. The minimum Gasteiger partial charge on any atom is -0.494 e. The van der Waals surface area contributed by atoms with E-state index in [1.165, 1.54) is 9.80 Å². The van der Waals surface area contributed by atoms with E-state index in [4.69, 9.17) is 4.74 Å². The first-order valence-electron chi connectivity index (χ1n) is 9.62. The van der Waals surface area contributed by atoms with Crippen molar-refractivity contribution in [3.63, 3.8) is 0 Å². The Balaban J connectivity index is 1.48. The first-order valence-corrected chi connectivity index (χ1v) is 9.62. The van der Waals surface area contributed by atoms with E-state index >= 15 is 0 Å². The third-order valence-corrected chi connectivity index (χ3v) is 5.07. The van der Waals surface area contributed by atoms with Gasteiger partial charge in [0.05, 0.1) is 18.8 Å². The summed E-state index contributed by atoms with van der Waals surface area (Å²) in [5, 5.41) is 2.79. The SMILES string of the molecule is CC1C(=O)NC2=Nc3ccc(OCCCC(=O)N(C)CC(=O)N(C)C)cc3CN21. The van der Waals surface area contributed by atoms with Gasteiger partial charge in [0.15, 0.2) is 0 Å². The predicted molar refractivity (Wildman–Crippen MR) is 108 cm³/mol. The van der Waals surface area contributed by atoms with Gasteiger partial charge in [-0.1, -0.05) is 0 Å². The van der Waals surface area contributed by atoms with Crippen molar-refractivity contribution >= 4 is 29.4 Å². The number of hydrogen-bond acceptors (Lipinski definition) is 6. The molecule has 29 heavy (non-hydrogen) atoms. The van der Waals surface area contributed by atoms with Gasteiger partial charge in [-0.3, -0.25) is 19.7 Å². The summed E-state index contributed by atoms with van der Waals surface area (Å²) in [6.07, 6.45) is 0.870. The molecule has 2 heterocycles. The lowest BCUT2D eigenvalue weighted by atomic mass is 10.1. The van der Waals surface area contributed by atoms with Crippen LogP contribution in [0.4, 0.5) is 5.69 Å². The van der Waals surface area contributed by atoms with E-state index in [9.17, 15) is 14.4 Å². The van der Waals surface area contributed by atoms with E-state index in [0.29, 0.717) is 37.7 Å². The molecule has 1 atom stereocenters. The summed E-state index contributed by atoms with van der Waals surface area (Å²) in [6, 6.07) is 5.39. The Morgan fingerprint density at radius 3 is 2.76 bits per heavy atom. The number of hydrogen-bond donors (Lipinski definition) is 1.